The number of rotatable bonds is 7. The molecule has 0 unspecified atom stereocenters. The molecular weight excluding hydrogens is 318 g/mol. The summed E-state index contributed by atoms with van der Waals surface area (Å²) in [5.41, 5.74) is 0.703. The zero-order valence-corrected chi connectivity index (χ0v) is 15.5. The number of anilines is 1. The Bertz CT molecular complexity index is 581. The molecule has 0 bridgehead atoms. The second-order valence-corrected chi connectivity index (χ2v) is 6.65. The molecule has 25 heavy (non-hydrogen) atoms. The van der Waals surface area contributed by atoms with Gasteiger partial charge in [0.25, 0.3) is 0 Å². The van der Waals surface area contributed by atoms with Crippen molar-refractivity contribution in [1.29, 1.82) is 0 Å². The molecule has 0 atom stereocenters. The molecule has 1 aliphatic heterocycles. The fourth-order valence-corrected chi connectivity index (χ4v) is 2.79. The van der Waals surface area contributed by atoms with Gasteiger partial charge in [0.05, 0.1) is 18.8 Å². The quantitative estimate of drug-likeness (QED) is 0.821. The third-order valence-corrected chi connectivity index (χ3v) is 4.17. The van der Waals surface area contributed by atoms with Crippen molar-refractivity contribution >= 4 is 17.5 Å². The summed E-state index contributed by atoms with van der Waals surface area (Å²) >= 11 is 0. The summed E-state index contributed by atoms with van der Waals surface area (Å²) in [6, 6.07) is 7.49. The van der Waals surface area contributed by atoms with Gasteiger partial charge in [0.2, 0.25) is 11.8 Å². The van der Waals surface area contributed by atoms with Crippen LogP contribution in [-0.2, 0) is 9.59 Å². The Morgan fingerprint density at radius 1 is 1.16 bits per heavy atom. The number of nitrogens with one attached hydrogen (secondary N) is 1. The number of carbonyl (C=O) groups excluding carboxylic acids is 2. The van der Waals surface area contributed by atoms with Crippen LogP contribution in [0.3, 0.4) is 0 Å². The van der Waals surface area contributed by atoms with Gasteiger partial charge < -0.3 is 15.0 Å². The van der Waals surface area contributed by atoms with E-state index in [9.17, 15) is 9.59 Å². The zero-order chi connectivity index (χ0) is 18.2. The van der Waals surface area contributed by atoms with E-state index in [2.05, 4.69) is 10.2 Å². The Kier molecular flexibility index (Phi) is 7.25. The maximum atomic E-state index is 12.3. The van der Waals surface area contributed by atoms with Crippen molar-refractivity contribution in [2.24, 2.45) is 5.92 Å². The van der Waals surface area contributed by atoms with Crippen LogP contribution >= 0.6 is 0 Å². The van der Waals surface area contributed by atoms with Gasteiger partial charge in [-0.05, 0) is 18.6 Å². The lowest BCUT2D eigenvalue weighted by Crippen LogP contribution is -2.51. The molecule has 1 saturated heterocycles. The van der Waals surface area contributed by atoms with Crippen LogP contribution in [0, 0.1) is 5.92 Å². The van der Waals surface area contributed by atoms with Crippen LogP contribution in [0.5, 0.6) is 5.75 Å². The number of ether oxygens (including phenoxy) is 1. The molecule has 1 aliphatic rings. The molecule has 1 heterocycles. The Balaban J connectivity index is 1.83. The van der Waals surface area contributed by atoms with Gasteiger partial charge in [0.15, 0.2) is 0 Å². The maximum Gasteiger partial charge on any atom is 0.238 e. The van der Waals surface area contributed by atoms with E-state index in [0.717, 1.165) is 19.5 Å². The molecule has 1 N–H and O–H groups in total. The number of nitrogens with zero attached hydrogens (tertiary/aromatic N) is 2. The second-order valence-electron chi connectivity index (χ2n) is 6.65. The predicted octanol–water partition coefficient (Wildman–Crippen LogP) is 2.21. The van der Waals surface area contributed by atoms with Gasteiger partial charge in [0, 0.05) is 32.1 Å². The summed E-state index contributed by atoms with van der Waals surface area (Å²) in [6.45, 7) is 9.64. The Labute approximate surface area is 150 Å². The number of hydrogen-bond donors (Lipinski definition) is 1. The van der Waals surface area contributed by atoms with Crippen molar-refractivity contribution in [3.05, 3.63) is 24.3 Å². The average molecular weight is 347 g/mol. The number of amides is 2. The number of benzene rings is 1. The fourth-order valence-electron chi connectivity index (χ4n) is 2.79. The van der Waals surface area contributed by atoms with Crippen LogP contribution in [0.1, 0.15) is 27.2 Å². The monoisotopic (exact) mass is 347 g/mol. The van der Waals surface area contributed by atoms with Crippen LogP contribution in [0.4, 0.5) is 5.69 Å². The van der Waals surface area contributed by atoms with Crippen molar-refractivity contribution in [2.75, 3.05) is 44.6 Å². The number of para-hydroxylation sites is 2. The lowest BCUT2D eigenvalue weighted by atomic mass is 10.1. The average Bonchev–Trinajstić information content (AvgIpc) is 2.61. The van der Waals surface area contributed by atoms with E-state index in [-0.39, 0.29) is 17.7 Å². The van der Waals surface area contributed by atoms with Crippen LogP contribution < -0.4 is 10.1 Å². The third kappa shape index (κ3) is 5.74. The molecule has 0 radical (unpaired) electrons. The summed E-state index contributed by atoms with van der Waals surface area (Å²) < 4.78 is 5.67. The van der Waals surface area contributed by atoms with Crippen molar-refractivity contribution < 1.29 is 14.3 Å². The van der Waals surface area contributed by atoms with Gasteiger partial charge in [-0.2, -0.15) is 0 Å². The number of carbonyl (C=O) groups is 2. The molecule has 0 aromatic heterocycles. The Morgan fingerprint density at radius 2 is 1.84 bits per heavy atom. The van der Waals surface area contributed by atoms with Crippen LogP contribution in [0.25, 0.3) is 0 Å². The highest BCUT2D eigenvalue weighted by Gasteiger charge is 2.24. The molecule has 6 nitrogen and oxygen atoms in total. The molecule has 0 saturated carbocycles. The largest absolute Gasteiger partial charge is 0.491 e. The van der Waals surface area contributed by atoms with Crippen molar-refractivity contribution in [3.63, 3.8) is 0 Å². The maximum absolute atomic E-state index is 12.3. The summed E-state index contributed by atoms with van der Waals surface area (Å²) in [7, 11) is 0. The summed E-state index contributed by atoms with van der Waals surface area (Å²) in [5, 5.41) is 2.93. The molecule has 1 aromatic rings. The van der Waals surface area contributed by atoms with Crippen LogP contribution in [0.2, 0.25) is 0 Å². The highest BCUT2D eigenvalue weighted by molar-refractivity contribution is 5.93. The van der Waals surface area contributed by atoms with Crippen LogP contribution in [-0.4, -0.2) is 60.9 Å². The van der Waals surface area contributed by atoms with Crippen molar-refractivity contribution in [3.8, 4) is 5.75 Å². The van der Waals surface area contributed by atoms with E-state index in [4.69, 9.17) is 4.74 Å². The zero-order valence-electron chi connectivity index (χ0n) is 15.5. The highest BCUT2D eigenvalue weighted by atomic mass is 16.5. The molecule has 0 spiro atoms. The summed E-state index contributed by atoms with van der Waals surface area (Å²) in [5.74, 6) is 0.849. The van der Waals surface area contributed by atoms with Gasteiger partial charge in [-0.15, -0.1) is 0 Å². The van der Waals surface area contributed by atoms with E-state index in [1.807, 2.05) is 49.9 Å². The van der Waals surface area contributed by atoms with Crippen molar-refractivity contribution in [2.45, 2.75) is 27.2 Å². The lowest BCUT2D eigenvalue weighted by molar-refractivity contribution is -0.136. The van der Waals surface area contributed by atoms with Gasteiger partial charge >= 0.3 is 0 Å². The van der Waals surface area contributed by atoms with E-state index in [1.165, 1.54) is 0 Å². The van der Waals surface area contributed by atoms with E-state index in [1.54, 1.807) is 0 Å². The number of hydrogen-bond acceptors (Lipinski definition) is 4. The Morgan fingerprint density at radius 3 is 2.48 bits per heavy atom. The third-order valence-electron chi connectivity index (χ3n) is 4.17. The lowest BCUT2D eigenvalue weighted by Gasteiger charge is -2.35. The first-order valence-electron chi connectivity index (χ1n) is 9.04. The van der Waals surface area contributed by atoms with Gasteiger partial charge in [-0.25, -0.2) is 0 Å². The highest BCUT2D eigenvalue weighted by Crippen LogP contribution is 2.23. The molecule has 2 rings (SSSR count). The second kappa shape index (κ2) is 9.42. The van der Waals surface area contributed by atoms with Gasteiger partial charge in [-0.1, -0.05) is 32.9 Å². The number of piperazine rings is 1. The molecule has 1 aromatic carbocycles. The fraction of sp³-hybridized carbons (Fsp3) is 0.579. The summed E-state index contributed by atoms with van der Waals surface area (Å²) in [4.78, 5) is 28.3. The molecular formula is C19H29N3O3. The van der Waals surface area contributed by atoms with Crippen LogP contribution in [0.15, 0.2) is 24.3 Å². The molecule has 0 aliphatic carbocycles. The molecule has 2 amide bonds. The van der Waals surface area contributed by atoms with Gasteiger partial charge in [-0.3, -0.25) is 14.5 Å². The minimum absolute atomic E-state index is 0.0227. The van der Waals surface area contributed by atoms with Gasteiger partial charge in [0.1, 0.15) is 5.75 Å². The predicted molar refractivity (Wildman–Crippen MR) is 98.7 cm³/mol. The molecule has 6 heteroatoms. The first-order chi connectivity index (χ1) is 12.0. The molecule has 138 valence electrons. The standard InChI is InChI=1S/C19H29N3O3/c1-4-13-25-17-8-6-5-7-16(17)20-18(23)14-21-9-11-22(12-10-21)19(24)15(2)3/h5-8,15H,4,9-14H2,1-3H3,(H,20,23). The van der Waals surface area contributed by atoms with E-state index < -0.39 is 0 Å². The Hall–Kier alpha value is -2.08. The first kappa shape index (κ1) is 19.2. The normalized spacial score (nSPS) is 15.3. The molecule has 1 fully saturated rings. The first-order valence-corrected chi connectivity index (χ1v) is 9.04. The minimum atomic E-state index is -0.0591. The smallest absolute Gasteiger partial charge is 0.238 e. The summed E-state index contributed by atoms with van der Waals surface area (Å²) in [6.07, 6.45) is 0.918. The van der Waals surface area contributed by atoms with E-state index in [0.29, 0.717) is 37.7 Å². The topological polar surface area (TPSA) is 61.9 Å². The van der Waals surface area contributed by atoms with E-state index >= 15 is 0 Å². The van der Waals surface area contributed by atoms with Crippen molar-refractivity contribution in [1.82, 2.24) is 9.80 Å². The minimum Gasteiger partial charge on any atom is -0.491 e. The SMILES string of the molecule is CCCOc1ccccc1NC(=O)CN1CCN(C(=O)C(C)C)CC1.